The standard InChI is InChI=1S/C18H18N4O2S/c1-10(2)9-21-11(3)16-13(8-15(21)23)20-22(17(16)24)18-19-12-6-4-5-7-14(12)25-18/h4-8,10,23H,9H2,1-3H3/p-1. The van der Waals surface area contributed by atoms with Gasteiger partial charge in [-0.2, -0.15) is 9.78 Å². The molecule has 7 heteroatoms. The van der Waals surface area contributed by atoms with Crippen LogP contribution in [0.15, 0.2) is 35.1 Å². The summed E-state index contributed by atoms with van der Waals surface area (Å²) in [4.78, 5) is 17.4. The number of nitrogens with zero attached hydrogens (tertiary/aromatic N) is 4. The molecule has 0 radical (unpaired) electrons. The minimum Gasteiger partial charge on any atom is -0.860 e. The highest BCUT2D eigenvalue weighted by atomic mass is 32.1. The van der Waals surface area contributed by atoms with Crippen LogP contribution in [0.4, 0.5) is 0 Å². The Labute approximate surface area is 148 Å². The molecular weight excluding hydrogens is 336 g/mol. The van der Waals surface area contributed by atoms with Crippen molar-refractivity contribution in [3.8, 4) is 22.3 Å². The first-order valence-corrected chi connectivity index (χ1v) is 8.93. The predicted molar refractivity (Wildman–Crippen MR) is 96.6 cm³/mol. The Hall–Kier alpha value is -2.67. The molecule has 128 valence electrons. The number of para-hydroxylation sites is 1. The Balaban J connectivity index is 1.95. The normalized spacial score (nSPS) is 11.8. The van der Waals surface area contributed by atoms with Crippen LogP contribution in [0, 0.1) is 12.8 Å². The van der Waals surface area contributed by atoms with Gasteiger partial charge in [0, 0.05) is 12.2 Å². The van der Waals surface area contributed by atoms with Crippen molar-refractivity contribution in [2.24, 2.45) is 5.92 Å². The molecule has 0 unspecified atom stereocenters. The van der Waals surface area contributed by atoms with Gasteiger partial charge in [0.25, 0.3) is 5.56 Å². The average molecular weight is 353 g/mol. The summed E-state index contributed by atoms with van der Waals surface area (Å²) in [6.45, 7) is 6.46. The molecule has 6 nitrogen and oxygen atoms in total. The number of rotatable bonds is 3. The van der Waals surface area contributed by atoms with E-state index in [2.05, 4.69) is 10.1 Å². The summed E-state index contributed by atoms with van der Waals surface area (Å²) in [6.07, 6.45) is 0. The molecule has 0 aliphatic carbocycles. The molecule has 0 amide bonds. The first-order valence-electron chi connectivity index (χ1n) is 8.12. The van der Waals surface area contributed by atoms with E-state index in [9.17, 15) is 9.90 Å². The SMILES string of the molecule is Cc1c2c(=O)n(-c3nc4ccccc4s3)nc-2cc([O-])n1CC(C)C. The molecule has 1 aromatic heterocycles. The number of pyridine rings is 1. The number of fused-ring (bicyclic) bond motifs is 2. The lowest BCUT2D eigenvalue weighted by Gasteiger charge is -2.23. The number of benzene rings is 1. The van der Waals surface area contributed by atoms with Crippen LogP contribution in [0.25, 0.3) is 26.6 Å². The highest BCUT2D eigenvalue weighted by Gasteiger charge is 2.22. The van der Waals surface area contributed by atoms with Crippen molar-refractivity contribution in [1.29, 1.82) is 0 Å². The van der Waals surface area contributed by atoms with Crippen LogP contribution in [0.2, 0.25) is 0 Å². The molecule has 2 aromatic rings. The van der Waals surface area contributed by atoms with E-state index in [0.29, 0.717) is 34.5 Å². The zero-order chi connectivity index (χ0) is 17.7. The van der Waals surface area contributed by atoms with Gasteiger partial charge in [0.05, 0.1) is 21.5 Å². The van der Waals surface area contributed by atoms with E-state index in [1.54, 1.807) is 11.5 Å². The van der Waals surface area contributed by atoms with Crippen LogP contribution in [0.5, 0.6) is 5.88 Å². The molecule has 0 N–H and O–H groups in total. The largest absolute Gasteiger partial charge is 0.860 e. The van der Waals surface area contributed by atoms with Crippen molar-refractivity contribution in [1.82, 2.24) is 19.3 Å². The summed E-state index contributed by atoms with van der Waals surface area (Å²) in [6, 6.07) is 9.15. The Morgan fingerprint density at radius 1 is 1.28 bits per heavy atom. The smallest absolute Gasteiger partial charge is 0.284 e. The highest BCUT2D eigenvalue weighted by Crippen LogP contribution is 2.29. The van der Waals surface area contributed by atoms with E-state index in [4.69, 9.17) is 0 Å². The lowest BCUT2D eigenvalue weighted by Crippen LogP contribution is -2.19. The lowest BCUT2D eigenvalue weighted by atomic mass is 10.1. The molecule has 0 saturated carbocycles. The van der Waals surface area contributed by atoms with E-state index in [0.717, 1.165) is 10.2 Å². The predicted octanol–water partition coefficient (Wildman–Crippen LogP) is 2.79. The average Bonchev–Trinajstić information content (AvgIpc) is 3.12. The van der Waals surface area contributed by atoms with Crippen LogP contribution >= 0.6 is 11.3 Å². The third kappa shape index (κ3) is 2.51. The van der Waals surface area contributed by atoms with E-state index in [1.807, 2.05) is 38.1 Å². The first-order chi connectivity index (χ1) is 12.0. The molecule has 25 heavy (non-hydrogen) atoms. The Morgan fingerprint density at radius 3 is 2.76 bits per heavy atom. The molecular formula is C18H17N4O2S-. The monoisotopic (exact) mass is 353 g/mol. The third-order valence-corrected chi connectivity index (χ3v) is 5.19. The van der Waals surface area contributed by atoms with Gasteiger partial charge in [-0.05, 0) is 36.9 Å². The second-order valence-corrected chi connectivity index (χ2v) is 7.52. The maximum atomic E-state index is 12.9. The van der Waals surface area contributed by atoms with Crippen LogP contribution < -0.4 is 10.7 Å². The summed E-state index contributed by atoms with van der Waals surface area (Å²) < 4.78 is 3.95. The van der Waals surface area contributed by atoms with Gasteiger partial charge in [-0.15, -0.1) is 0 Å². The quantitative estimate of drug-likeness (QED) is 0.567. The van der Waals surface area contributed by atoms with Gasteiger partial charge >= 0.3 is 0 Å². The summed E-state index contributed by atoms with van der Waals surface area (Å²) in [5, 5.41) is 17.3. The van der Waals surface area contributed by atoms with E-state index in [-0.39, 0.29) is 11.4 Å². The van der Waals surface area contributed by atoms with Gasteiger partial charge in [-0.3, -0.25) is 4.79 Å². The van der Waals surface area contributed by atoms with Crippen molar-refractivity contribution < 1.29 is 5.11 Å². The van der Waals surface area contributed by atoms with E-state index in [1.165, 1.54) is 22.1 Å². The maximum absolute atomic E-state index is 12.9. The zero-order valence-corrected chi connectivity index (χ0v) is 15.0. The highest BCUT2D eigenvalue weighted by molar-refractivity contribution is 7.20. The fraction of sp³-hybridized carbons (Fsp3) is 0.278. The molecule has 0 atom stereocenters. The van der Waals surface area contributed by atoms with Crippen molar-refractivity contribution >= 4 is 21.6 Å². The van der Waals surface area contributed by atoms with Crippen LogP contribution in [0.1, 0.15) is 19.5 Å². The summed E-state index contributed by atoms with van der Waals surface area (Å²) in [5.41, 5.74) is 2.17. The second-order valence-electron chi connectivity index (χ2n) is 6.51. The van der Waals surface area contributed by atoms with Crippen molar-refractivity contribution in [3.63, 3.8) is 0 Å². The van der Waals surface area contributed by atoms with Gasteiger partial charge in [0.15, 0.2) is 0 Å². The molecule has 2 aliphatic rings. The molecule has 0 bridgehead atoms. The molecule has 0 spiro atoms. The lowest BCUT2D eigenvalue weighted by molar-refractivity contribution is -0.280. The molecule has 4 rings (SSSR count). The molecule has 0 saturated heterocycles. The fourth-order valence-corrected chi connectivity index (χ4v) is 3.94. The third-order valence-electron chi connectivity index (χ3n) is 4.17. The Bertz CT molecular complexity index is 1070. The zero-order valence-electron chi connectivity index (χ0n) is 14.2. The molecule has 2 aliphatic heterocycles. The van der Waals surface area contributed by atoms with Crippen molar-refractivity contribution in [3.05, 3.63) is 46.4 Å². The van der Waals surface area contributed by atoms with Crippen LogP contribution in [0.3, 0.4) is 0 Å². The van der Waals surface area contributed by atoms with Crippen molar-refractivity contribution in [2.75, 3.05) is 0 Å². The maximum Gasteiger partial charge on any atom is 0.284 e. The molecule has 3 heterocycles. The number of hydrogen-bond acceptors (Lipinski definition) is 5. The number of aromatic nitrogens is 4. The number of hydrogen-bond donors (Lipinski definition) is 0. The minimum absolute atomic E-state index is 0.132. The summed E-state index contributed by atoms with van der Waals surface area (Å²) >= 11 is 1.41. The minimum atomic E-state index is -0.232. The second kappa shape index (κ2) is 5.70. The van der Waals surface area contributed by atoms with Gasteiger partial charge in [0.1, 0.15) is 0 Å². The van der Waals surface area contributed by atoms with Crippen molar-refractivity contribution in [2.45, 2.75) is 27.3 Å². The Kier molecular flexibility index (Phi) is 3.61. The molecule has 0 fully saturated rings. The van der Waals surface area contributed by atoms with E-state index < -0.39 is 0 Å². The molecule has 1 aromatic carbocycles. The number of thiazole rings is 1. The Morgan fingerprint density at radius 2 is 2.04 bits per heavy atom. The topological polar surface area (TPSA) is 75.8 Å². The van der Waals surface area contributed by atoms with Gasteiger partial charge in [-0.1, -0.05) is 37.3 Å². The fourth-order valence-electron chi connectivity index (χ4n) is 3.03. The van der Waals surface area contributed by atoms with Crippen LogP contribution in [-0.4, -0.2) is 19.3 Å². The first kappa shape index (κ1) is 15.8. The summed E-state index contributed by atoms with van der Waals surface area (Å²) in [5.74, 6) is 0.177. The van der Waals surface area contributed by atoms with Crippen LogP contribution in [-0.2, 0) is 6.54 Å². The summed E-state index contributed by atoms with van der Waals surface area (Å²) in [7, 11) is 0. The van der Waals surface area contributed by atoms with Gasteiger partial charge < -0.3 is 9.67 Å². The van der Waals surface area contributed by atoms with Gasteiger partial charge in [-0.25, -0.2) is 4.98 Å². The van der Waals surface area contributed by atoms with E-state index >= 15 is 0 Å². The van der Waals surface area contributed by atoms with Gasteiger partial charge in [0.2, 0.25) is 5.13 Å².